The van der Waals surface area contributed by atoms with Crippen LogP contribution in [0.5, 0.6) is 11.5 Å². The fourth-order valence-corrected chi connectivity index (χ4v) is 2.81. The number of anilines is 1. The lowest BCUT2D eigenvalue weighted by molar-refractivity contribution is 0.0961. The molecular weight excluding hydrogens is 367 g/mol. The highest BCUT2D eigenvalue weighted by molar-refractivity contribution is 6.37. The van der Waals surface area contributed by atoms with Crippen LogP contribution in [0.1, 0.15) is 20.7 Å². The second-order valence-electron chi connectivity index (χ2n) is 4.92. The second-order valence-corrected chi connectivity index (χ2v) is 5.74. The van der Waals surface area contributed by atoms with Gasteiger partial charge in [-0.2, -0.15) is 0 Å². The number of nitrogens with one attached hydrogen (secondary N) is 2. The van der Waals surface area contributed by atoms with Gasteiger partial charge in [-0.15, -0.1) is 0 Å². The normalized spacial score (nSPS) is 10.1. The minimum absolute atomic E-state index is 0.214. The summed E-state index contributed by atoms with van der Waals surface area (Å²) >= 11 is 12.1. The van der Waals surface area contributed by atoms with E-state index in [1.165, 1.54) is 39.5 Å². The number of carbonyl (C=O) groups excluding carboxylic acids is 2. The molecule has 0 saturated heterocycles. The summed E-state index contributed by atoms with van der Waals surface area (Å²) in [6.07, 6.45) is 0. The summed E-state index contributed by atoms with van der Waals surface area (Å²) in [5, 5.41) is 5.63. The van der Waals surface area contributed by atoms with Gasteiger partial charge in [0.15, 0.2) is 5.75 Å². The number of methoxy groups -OCH3 is 2. The van der Waals surface area contributed by atoms with Crippen molar-refractivity contribution >= 4 is 40.7 Å². The van der Waals surface area contributed by atoms with Crippen molar-refractivity contribution in [1.29, 1.82) is 0 Å². The first-order valence-electron chi connectivity index (χ1n) is 7.15. The molecule has 6 nitrogen and oxygen atoms in total. The molecule has 0 bridgehead atoms. The number of carbonyl (C=O) groups is 2. The minimum atomic E-state index is -0.459. The third kappa shape index (κ3) is 4.15. The lowest BCUT2D eigenvalue weighted by atomic mass is 10.1. The van der Waals surface area contributed by atoms with Gasteiger partial charge in [-0.1, -0.05) is 23.2 Å². The van der Waals surface area contributed by atoms with Crippen LogP contribution >= 0.6 is 23.2 Å². The van der Waals surface area contributed by atoms with E-state index in [0.29, 0.717) is 22.7 Å². The molecule has 0 radical (unpaired) electrons. The molecule has 0 aliphatic rings. The van der Waals surface area contributed by atoms with Crippen molar-refractivity contribution in [3.8, 4) is 11.5 Å². The van der Waals surface area contributed by atoms with Crippen molar-refractivity contribution in [2.45, 2.75) is 0 Å². The maximum Gasteiger partial charge on any atom is 0.255 e. The Labute approximate surface area is 155 Å². The van der Waals surface area contributed by atoms with Gasteiger partial charge in [0, 0.05) is 18.2 Å². The average molecular weight is 383 g/mol. The summed E-state index contributed by atoms with van der Waals surface area (Å²) in [6, 6.07) is 7.58. The van der Waals surface area contributed by atoms with Gasteiger partial charge in [-0.3, -0.25) is 9.59 Å². The van der Waals surface area contributed by atoms with Crippen LogP contribution in [0.4, 0.5) is 5.69 Å². The lowest BCUT2D eigenvalue weighted by Crippen LogP contribution is -2.19. The van der Waals surface area contributed by atoms with Crippen LogP contribution in [-0.4, -0.2) is 33.1 Å². The molecular formula is C17H16Cl2N2O4. The number of amides is 2. The molecule has 2 aromatic carbocycles. The third-order valence-corrected chi connectivity index (χ3v) is 3.96. The molecule has 2 aromatic rings. The number of hydrogen-bond acceptors (Lipinski definition) is 4. The Balaban J connectivity index is 2.35. The first-order chi connectivity index (χ1) is 11.9. The van der Waals surface area contributed by atoms with Gasteiger partial charge in [0.05, 0.1) is 30.0 Å². The molecule has 0 aliphatic carbocycles. The second kappa shape index (κ2) is 8.09. The van der Waals surface area contributed by atoms with Gasteiger partial charge in [0.2, 0.25) is 0 Å². The summed E-state index contributed by atoms with van der Waals surface area (Å²) in [4.78, 5) is 24.3. The van der Waals surface area contributed by atoms with Gasteiger partial charge in [-0.25, -0.2) is 0 Å². The van der Waals surface area contributed by atoms with E-state index in [9.17, 15) is 9.59 Å². The molecule has 0 spiro atoms. The van der Waals surface area contributed by atoms with E-state index in [1.807, 2.05) is 0 Å². The molecule has 25 heavy (non-hydrogen) atoms. The maximum atomic E-state index is 12.5. The van der Waals surface area contributed by atoms with Crippen molar-refractivity contribution < 1.29 is 19.1 Å². The Morgan fingerprint density at radius 1 is 0.920 bits per heavy atom. The highest BCUT2D eigenvalue weighted by Crippen LogP contribution is 2.34. The molecule has 2 N–H and O–H groups in total. The minimum Gasteiger partial charge on any atom is -0.495 e. The average Bonchev–Trinajstić information content (AvgIpc) is 2.60. The molecule has 0 saturated carbocycles. The first kappa shape index (κ1) is 18.9. The summed E-state index contributed by atoms with van der Waals surface area (Å²) < 4.78 is 10.3. The summed E-state index contributed by atoms with van der Waals surface area (Å²) in [6.45, 7) is 0. The monoisotopic (exact) mass is 382 g/mol. The van der Waals surface area contributed by atoms with E-state index in [0.717, 1.165) is 0 Å². The zero-order chi connectivity index (χ0) is 18.6. The first-order valence-corrected chi connectivity index (χ1v) is 7.91. The van der Waals surface area contributed by atoms with Gasteiger partial charge < -0.3 is 20.1 Å². The summed E-state index contributed by atoms with van der Waals surface area (Å²) in [5.41, 5.74) is 0.962. The molecule has 0 heterocycles. The predicted molar refractivity (Wildman–Crippen MR) is 97.4 cm³/mol. The van der Waals surface area contributed by atoms with E-state index in [4.69, 9.17) is 32.7 Å². The van der Waals surface area contributed by atoms with Crippen LogP contribution in [0.2, 0.25) is 10.0 Å². The van der Waals surface area contributed by atoms with Crippen LogP contribution in [0.3, 0.4) is 0 Å². The SMILES string of the molecule is CNC(=O)c1ccc(OC)c(NC(=O)c2cc(Cl)c(OC)c(Cl)c2)c1. The number of halogens is 2. The van der Waals surface area contributed by atoms with E-state index in [-0.39, 0.29) is 21.5 Å². The van der Waals surface area contributed by atoms with Crippen LogP contribution in [0, 0.1) is 0 Å². The van der Waals surface area contributed by atoms with E-state index in [1.54, 1.807) is 12.1 Å². The molecule has 2 amide bonds. The van der Waals surface area contributed by atoms with Crippen molar-refractivity contribution in [2.75, 3.05) is 26.6 Å². The third-order valence-electron chi connectivity index (χ3n) is 3.40. The fraction of sp³-hybridized carbons (Fsp3) is 0.176. The van der Waals surface area contributed by atoms with Gasteiger partial charge in [-0.05, 0) is 30.3 Å². The number of ether oxygens (including phenoxy) is 2. The summed E-state index contributed by atoms with van der Waals surface area (Å²) in [7, 11) is 4.42. The molecule has 0 aliphatic heterocycles. The Morgan fingerprint density at radius 3 is 2.08 bits per heavy atom. The van der Waals surface area contributed by atoms with E-state index in [2.05, 4.69) is 10.6 Å². The highest BCUT2D eigenvalue weighted by Gasteiger charge is 2.16. The zero-order valence-corrected chi connectivity index (χ0v) is 15.3. The van der Waals surface area contributed by atoms with Crippen LogP contribution in [-0.2, 0) is 0 Å². The number of rotatable bonds is 5. The largest absolute Gasteiger partial charge is 0.495 e. The van der Waals surface area contributed by atoms with Crippen molar-refractivity contribution in [1.82, 2.24) is 5.32 Å². The quantitative estimate of drug-likeness (QED) is 0.827. The topological polar surface area (TPSA) is 76.7 Å². The summed E-state index contributed by atoms with van der Waals surface area (Å²) in [5.74, 6) is -0.0433. The van der Waals surface area contributed by atoms with Crippen LogP contribution < -0.4 is 20.1 Å². The molecule has 0 unspecified atom stereocenters. The van der Waals surface area contributed by atoms with Gasteiger partial charge >= 0.3 is 0 Å². The predicted octanol–water partition coefficient (Wildman–Crippen LogP) is 3.62. The van der Waals surface area contributed by atoms with E-state index < -0.39 is 5.91 Å². The van der Waals surface area contributed by atoms with Gasteiger partial charge in [0.1, 0.15) is 5.75 Å². The Bertz CT molecular complexity index is 801. The van der Waals surface area contributed by atoms with Crippen molar-refractivity contribution in [2.24, 2.45) is 0 Å². The van der Waals surface area contributed by atoms with Crippen LogP contribution in [0.15, 0.2) is 30.3 Å². The highest BCUT2D eigenvalue weighted by atomic mass is 35.5. The Kier molecular flexibility index (Phi) is 6.12. The van der Waals surface area contributed by atoms with Crippen molar-refractivity contribution in [3.05, 3.63) is 51.5 Å². The van der Waals surface area contributed by atoms with E-state index >= 15 is 0 Å². The molecule has 0 fully saturated rings. The zero-order valence-electron chi connectivity index (χ0n) is 13.8. The van der Waals surface area contributed by atoms with Crippen LogP contribution in [0.25, 0.3) is 0 Å². The smallest absolute Gasteiger partial charge is 0.255 e. The molecule has 132 valence electrons. The Morgan fingerprint density at radius 2 is 1.56 bits per heavy atom. The van der Waals surface area contributed by atoms with Crippen molar-refractivity contribution in [3.63, 3.8) is 0 Å². The molecule has 2 rings (SSSR count). The standard InChI is InChI=1S/C17H16Cl2N2O4/c1-20-16(22)9-4-5-14(24-2)13(8-9)21-17(23)10-6-11(18)15(25-3)12(19)7-10/h4-8H,1-3H3,(H,20,22)(H,21,23). The number of benzene rings is 2. The molecule has 0 atom stereocenters. The molecule has 8 heteroatoms. The molecule has 0 aromatic heterocycles. The van der Waals surface area contributed by atoms with Gasteiger partial charge in [0.25, 0.3) is 11.8 Å². The lowest BCUT2D eigenvalue weighted by Gasteiger charge is -2.13. The fourth-order valence-electron chi connectivity index (χ4n) is 2.17. The Hall–Kier alpha value is -2.44. The maximum absolute atomic E-state index is 12.5. The number of hydrogen-bond donors (Lipinski definition) is 2.